The van der Waals surface area contributed by atoms with Gasteiger partial charge in [-0.05, 0) is 12.1 Å². The van der Waals surface area contributed by atoms with E-state index >= 15 is 0 Å². The standard InChI is InChI=1S/C9H8O3.C3H9N/c1-7(10)12-9(11)8-5-3-2-4-6-8;1-4(2)3/h2-6H,1H3;1-3H3/p+1. The molecule has 0 aliphatic heterocycles. The van der Waals surface area contributed by atoms with Crippen LogP contribution in [0, 0.1) is 0 Å². The Bertz CT molecular complexity index is 331. The number of ether oxygens (including phenoxy) is 1. The molecule has 0 bridgehead atoms. The maximum atomic E-state index is 11.0. The molecule has 0 aliphatic carbocycles. The van der Waals surface area contributed by atoms with Crippen LogP contribution in [0.4, 0.5) is 0 Å². The molecule has 1 aromatic carbocycles. The van der Waals surface area contributed by atoms with E-state index in [4.69, 9.17) is 0 Å². The molecule has 4 heteroatoms. The van der Waals surface area contributed by atoms with Crippen LogP contribution in [-0.4, -0.2) is 33.1 Å². The molecule has 0 saturated carbocycles. The van der Waals surface area contributed by atoms with Crippen molar-refractivity contribution in [2.45, 2.75) is 6.92 Å². The topological polar surface area (TPSA) is 47.8 Å². The van der Waals surface area contributed by atoms with Crippen molar-refractivity contribution in [2.75, 3.05) is 21.1 Å². The van der Waals surface area contributed by atoms with E-state index in [0.29, 0.717) is 5.56 Å². The second kappa shape index (κ2) is 7.59. The molecule has 1 rings (SSSR count). The number of hydrogen-bond acceptors (Lipinski definition) is 3. The number of esters is 2. The second-order valence-corrected chi connectivity index (χ2v) is 3.75. The van der Waals surface area contributed by atoms with Crippen molar-refractivity contribution < 1.29 is 19.2 Å². The lowest BCUT2D eigenvalue weighted by atomic mass is 10.2. The molecule has 0 aliphatic rings. The lowest BCUT2D eigenvalue weighted by molar-refractivity contribution is -0.836. The number of carbonyl (C=O) groups excluding carboxylic acids is 2. The first-order valence-corrected chi connectivity index (χ1v) is 4.98. The fourth-order valence-corrected chi connectivity index (χ4v) is 0.764. The SMILES string of the molecule is CC(=O)OC(=O)c1ccccc1.C[NH+](C)C. The van der Waals surface area contributed by atoms with Gasteiger partial charge in [0, 0.05) is 6.92 Å². The highest BCUT2D eigenvalue weighted by atomic mass is 16.6. The van der Waals surface area contributed by atoms with E-state index in [2.05, 4.69) is 25.9 Å². The Labute approximate surface area is 95.8 Å². The zero-order chi connectivity index (χ0) is 12.6. The average Bonchev–Trinajstić information content (AvgIpc) is 2.17. The number of carbonyl (C=O) groups is 2. The molecule has 0 radical (unpaired) electrons. The molecule has 1 N–H and O–H groups in total. The highest BCUT2D eigenvalue weighted by Gasteiger charge is 2.07. The van der Waals surface area contributed by atoms with Crippen LogP contribution in [0.1, 0.15) is 17.3 Å². The molecule has 0 fully saturated rings. The Morgan fingerprint density at radius 3 is 1.88 bits per heavy atom. The first kappa shape index (κ1) is 14.3. The maximum absolute atomic E-state index is 11.0. The Morgan fingerprint density at radius 1 is 1.06 bits per heavy atom. The van der Waals surface area contributed by atoms with Crippen molar-refractivity contribution in [1.29, 1.82) is 0 Å². The lowest BCUT2D eigenvalue weighted by Gasteiger charge is -1.97. The van der Waals surface area contributed by atoms with Gasteiger partial charge in [-0.15, -0.1) is 0 Å². The van der Waals surface area contributed by atoms with E-state index < -0.39 is 11.9 Å². The van der Waals surface area contributed by atoms with Crippen LogP contribution < -0.4 is 4.90 Å². The number of benzene rings is 1. The van der Waals surface area contributed by atoms with E-state index in [-0.39, 0.29) is 0 Å². The maximum Gasteiger partial charge on any atom is 0.345 e. The fraction of sp³-hybridized carbons (Fsp3) is 0.333. The first-order chi connectivity index (χ1) is 7.43. The van der Waals surface area contributed by atoms with Crippen LogP contribution in [0.15, 0.2) is 30.3 Å². The minimum absolute atomic E-state index is 0.382. The minimum Gasteiger partial charge on any atom is -0.390 e. The summed E-state index contributed by atoms with van der Waals surface area (Å²) < 4.78 is 4.36. The summed E-state index contributed by atoms with van der Waals surface area (Å²) in [5.41, 5.74) is 0.382. The number of quaternary nitrogens is 1. The number of nitrogens with one attached hydrogen (secondary N) is 1. The summed E-state index contributed by atoms with van der Waals surface area (Å²) in [4.78, 5) is 22.8. The van der Waals surface area contributed by atoms with Gasteiger partial charge in [0.05, 0.1) is 26.7 Å². The van der Waals surface area contributed by atoms with Crippen molar-refractivity contribution in [2.24, 2.45) is 0 Å². The van der Waals surface area contributed by atoms with Crippen LogP contribution in [0.3, 0.4) is 0 Å². The summed E-state index contributed by atoms with van der Waals surface area (Å²) in [7, 11) is 6.25. The van der Waals surface area contributed by atoms with Crippen LogP contribution >= 0.6 is 0 Å². The Hall–Kier alpha value is -1.68. The Balaban J connectivity index is 0.000000487. The third-order valence-corrected chi connectivity index (χ3v) is 1.25. The van der Waals surface area contributed by atoms with Crippen molar-refractivity contribution in [3.8, 4) is 0 Å². The summed E-state index contributed by atoms with van der Waals surface area (Å²) in [5, 5.41) is 0. The summed E-state index contributed by atoms with van der Waals surface area (Å²) in [6, 6.07) is 8.37. The van der Waals surface area contributed by atoms with Crippen molar-refractivity contribution in [3.63, 3.8) is 0 Å². The van der Waals surface area contributed by atoms with Gasteiger partial charge in [0.25, 0.3) is 0 Å². The predicted molar refractivity (Wildman–Crippen MR) is 61.3 cm³/mol. The smallest absolute Gasteiger partial charge is 0.345 e. The molecule has 0 spiro atoms. The van der Waals surface area contributed by atoms with E-state index in [0.717, 1.165) is 0 Å². The monoisotopic (exact) mass is 224 g/mol. The highest BCUT2D eigenvalue weighted by molar-refractivity contribution is 5.96. The minimum atomic E-state index is -0.608. The molecule has 0 amide bonds. The van der Waals surface area contributed by atoms with Crippen molar-refractivity contribution in [3.05, 3.63) is 35.9 Å². The number of rotatable bonds is 1. The lowest BCUT2D eigenvalue weighted by Crippen LogP contribution is -3.02. The predicted octanol–water partition coefficient (Wildman–Crippen LogP) is 0.151. The Morgan fingerprint density at radius 2 is 1.50 bits per heavy atom. The largest absolute Gasteiger partial charge is 0.390 e. The molecule has 4 nitrogen and oxygen atoms in total. The normalized spacial score (nSPS) is 9.06. The second-order valence-electron chi connectivity index (χ2n) is 3.75. The van der Waals surface area contributed by atoms with E-state index in [1.807, 2.05) is 0 Å². The van der Waals surface area contributed by atoms with Gasteiger partial charge in [-0.2, -0.15) is 0 Å². The van der Waals surface area contributed by atoms with E-state index in [1.165, 1.54) is 11.8 Å². The van der Waals surface area contributed by atoms with Gasteiger partial charge in [0.15, 0.2) is 0 Å². The molecular formula is C12H18NO3+. The van der Waals surface area contributed by atoms with Gasteiger partial charge >= 0.3 is 11.9 Å². The van der Waals surface area contributed by atoms with E-state index in [1.54, 1.807) is 30.3 Å². The van der Waals surface area contributed by atoms with E-state index in [9.17, 15) is 9.59 Å². The van der Waals surface area contributed by atoms with Gasteiger partial charge in [0.2, 0.25) is 0 Å². The molecule has 88 valence electrons. The molecule has 0 saturated heterocycles. The quantitative estimate of drug-likeness (QED) is 0.545. The van der Waals surface area contributed by atoms with Gasteiger partial charge in [-0.25, -0.2) is 4.79 Å². The molecule has 16 heavy (non-hydrogen) atoms. The molecule has 0 unspecified atom stereocenters. The molecule has 1 aromatic rings. The number of hydrogen-bond donors (Lipinski definition) is 1. The molecule has 0 atom stereocenters. The van der Waals surface area contributed by atoms with Gasteiger partial charge in [-0.3, -0.25) is 4.79 Å². The molecule has 0 heterocycles. The zero-order valence-corrected chi connectivity index (χ0v) is 10.1. The summed E-state index contributed by atoms with van der Waals surface area (Å²) in [6.45, 7) is 1.20. The third kappa shape index (κ3) is 7.70. The van der Waals surface area contributed by atoms with Crippen LogP contribution in [-0.2, 0) is 9.53 Å². The molecule has 0 aromatic heterocycles. The summed E-state index contributed by atoms with van der Waals surface area (Å²) in [6.07, 6.45) is 0. The Kier molecular flexibility index (Phi) is 6.79. The van der Waals surface area contributed by atoms with Crippen molar-refractivity contribution >= 4 is 11.9 Å². The third-order valence-electron chi connectivity index (χ3n) is 1.25. The van der Waals surface area contributed by atoms with Crippen LogP contribution in [0.2, 0.25) is 0 Å². The van der Waals surface area contributed by atoms with Crippen molar-refractivity contribution in [1.82, 2.24) is 0 Å². The summed E-state index contributed by atoms with van der Waals surface area (Å²) >= 11 is 0. The zero-order valence-electron chi connectivity index (χ0n) is 10.1. The van der Waals surface area contributed by atoms with Gasteiger partial charge in [0.1, 0.15) is 0 Å². The summed E-state index contributed by atoms with van der Waals surface area (Å²) in [5.74, 6) is -1.20. The van der Waals surface area contributed by atoms with Gasteiger partial charge < -0.3 is 9.64 Å². The first-order valence-electron chi connectivity index (χ1n) is 4.98. The van der Waals surface area contributed by atoms with Gasteiger partial charge in [-0.1, -0.05) is 18.2 Å². The van der Waals surface area contributed by atoms with Crippen LogP contribution in [0.5, 0.6) is 0 Å². The van der Waals surface area contributed by atoms with Crippen LogP contribution in [0.25, 0.3) is 0 Å². The average molecular weight is 224 g/mol. The molecular weight excluding hydrogens is 206 g/mol. The fourth-order valence-electron chi connectivity index (χ4n) is 0.764. The highest BCUT2D eigenvalue weighted by Crippen LogP contribution is 2.00.